The first kappa shape index (κ1) is 22.1. The van der Waals surface area contributed by atoms with Gasteiger partial charge < -0.3 is 14.4 Å². The largest absolute Gasteiger partial charge is 0.486 e. The second-order valence-corrected chi connectivity index (χ2v) is 8.85. The van der Waals surface area contributed by atoms with E-state index in [4.69, 9.17) is 9.47 Å². The average molecular weight is 433 g/mol. The molecule has 30 heavy (non-hydrogen) atoms. The van der Waals surface area contributed by atoms with Crippen LogP contribution in [0.15, 0.2) is 47.4 Å². The van der Waals surface area contributed by atoms with Gasteiger partial charge in [0.25, 0.3) is 5.91 Å². The highest BCUT2D eigenvalue weighted by molar-refractivity contribution is 7.89. The number of carbonyl (C=O) groups is 1. The maximum atomic E-state index is 13.1. The number of hydrogen-bond donors (Lipinski definition) is 0. The standard InChI is InChI=1S/C22H28N2O5S/c1-4-23(16-17-10-11-20-21(14-17)29-13-12-28-20)22(25)18-8-7-9-19(15-18)30(26,27)24(5-2)6-3/h7-11,14-15H,4-6,12-13,16H2,1-3H3. The summed E-state index contributed by atoms with van der Waals surface area (Å²) in [5.74, 6) is 1.16. The highest BCUT2D eigenvalue weighted by atomic mass is 32.2. The second kappa shape index (κ2) is 9.49. The molecule has 0 saturated carbocycles. The molecule has 7 nitrogen and oxygen atoms in total. The molecule has 0 N–H and O–H groups in total. The van der Waals surface area contributed by atoms with Crippen LogP contribution in [0.1, 0.15) is 36.7 Å². The van der Waals surface area contributed by atoms with Gasteiger partial charge in [0.05, 0.1) is 4.90 Å². The van der Waals surface area contributed by atoms with E-state index < -0.39 is 10.0 Å². The molecule has 0 radical (unpaired) electrons. The van der Waals surface area contributed by atoms with Crippen molar-refractivity contribution in [3.8, 4) is 11.5 Å². The summed E-state index contributed by atoms with van der Waals surface area (Å²) >= 11 is 0. The van der Waals surface area contributed by atoms with Crippen LogP contribution in [-0.2, 0) is 16.6 Å². The van der Waals surface area contributed by atoms with Crippen molar-refractivity contribution in [1.29, 1.82) is 0 Å². The van der Waals surface area contributed by atoms with Crippen LogP contribution in [0.5, 0.6) is 11.5 Å². The Bertz CT molecular complexity index is 1000. The minimum Gasteiger partial charge on any atom is -0.486 e. The normalized spacial score (nSPS) is 13.3. The minimum atomic E-state index is -3.63. The van der Waals surface area contributed by atoms with Crippen molar-refractivity contribution < 1.29 is 22.7 Å². The zero-order chi connectivity index (χ0) is 21.7. The predicted molar refractivity (Wildman–Crippen MR) is 114 cm³/mol. The third-order valence-electron chi connectivity index (χ3n) is 5.07. The summed E-state index contributed by atoms with van der Waals surface area (Å²) in [6.07, 6.45) is 0. The number of amides is 1. The van der Waals surface area contributed by atoms with Gasteiger partial charge in [0.15, 0.2) is 11.5 Å². The molecule has 1 aliphatic heterocycles. The van der Waals surface area contributed by atoms with E-state index in [0.29, 0.717) is 56.5 Å². The molecule has 162 valence electrons. The van der Waals surface area contributed by atoms with E-state index in [2.05, 4.69) is 0 Å². The Morgan fingerprint density at radius 2 is 1.63 bits per heavy atom. The van der Waals surface area contributed by atoms with Crippen LogP contribution < -0.4 is 9.47 Å². The predicted octanol–water partition coefficient (Wildman–Crippen LogP) is 3.15. The summed E-state index contributed by atoms with van der Waals surface area (Å²) in [5.41, 5.74) is 1.27. The van der Waals surface area contributed by atoms with Gasteiger partial charge in [-0.3, -0.25) is 4.79 Å². The molecule has 0 spiro atoms. The number of sulfonamides is 1. The van der Waals surface area contributed by atoms with E-state index in [9.17, 15) is 13.2 Å². The Hall–Kier alpha value is -2.58. The zero-order valence-electron chi connectivity index (χ0n) is 17.6. The van der Waals surface area contributed by atoms with Crippen molar-refractivity contribution >= 4 is 15.9 Å². The summed E-state index contributed by atoms with van der Waals surface area (Å²) < 4.78 is 38.2. The Balaban J connectivity index is 1.82. The van der Waals surface area contributed by atoms with Crippen molar-refractivity contribution in [3.05, 3.63) is 53.6 Å². The van der Waals surface area contributed by atoms with E-state index >= 15 is 0 Å². The molecule has 2 aromatic rings. The lowest BCUT2D eigenvalue weighted by Gasteiger charge is -2.24. The van der Waals surface area contributed by atoms with Crippen LogP contribution in [0.25, 0.3) is 0 Å². The van der Waals surface area contributed by atoms with E-state index in [1.165, 1.54) is 16.4 Å². The number of fused-ring (bicyclic) bond motifs is 1. The van der Waals surface area contributed by atoms with Crippen LogP contribution in [0, 0.1) is 0 Å². The van der Waals surface area contributed by atoms with E-state index in [-0.39, 0.29) is 10.8 Å². The van der Waals surface area contributed by atoms with Crippen LogP contribution in [0.3, 0.4) is 0 Å². The monoisotopic (exact) mass is 432 g/mol. The van der Waals surface area contributed by atoms with Gasteiger partial charge in [0, 0.05) is 31.7 Å². The molecule has 1 heterocycles. The summed E-state index contributed by atoms with van der Waals surface area (Å²) in [6.45, 7) is 8.14. The Labute approximate surface area is 178 Å². The maximum Gasteiger partial charge on any atom is 0.254 e. The molecule has 0 bridgehead atoms. The van der Waals surface area contributed by atoms with Crippen LogP contribution in [0.4, 0.5) is 0 Å². The quantitative estimate of drug-likeness (QED) is 0.641. The number of hydrogen-bond acceptors (Lipinski definition) is 5. The molecule has 1 amide bonds. The van der Waals surface area contributed by atoms with Gasteiger partial charge in [-0.15, -0.1) is 0 Å². The first-order valence-electron chi connectivity index (χ1n) is 10.2. The molecule has 0 atom stereocenters. The lowest BCUT2D eigenvalue weighted by molar-refractivity contribution is 0.0752. The lowest BCUT2D eigenvalue weighted by atomic mass is 10.1. The summed E-state index contributed by atoms with van der Waals surface area (Å²) in [7, 11) is -3.63. The average Bonchev–Trinajstić information content (AvgIpc) is 2.77. The maximum absolute atomic E-state index is 13.1. The van der Waals surface area contributed by atoms with Gasteiger partial charge in [-0.2, -0.15) is 4.31 Å². The third kappa shape index (κ3) is 4.60. The summed E-state index contributed by atoms with van der Waals surface area (Å²) in [5, 5.41) is 0. The number of rotatable bonds is 8. The molecule has 0 saturated heterocycles. The molecule has 1 aliphatic rings. The fourth-order valence-electron chi connectivity index (χ4n) is 3.42. The summed E-state index contributed by atoms with van der Waals surface area (Å²) in [4.78, 5) is 14.9. The Morgan fingerprint density at radius 1 is 0.933 bits per heavy atom. The van der Waals surface area contributed by atoms with Crippen LogP contribution in [-0.4, -0.2) is 56.4 Å². The van der Waals surface area contributed by atoms with Crippen LogP contribution >= 0.6 is 0 Å². The molecular formula is C22H28N2O5S. The van der Waals surface area contributed by atoms with Gasteiger partial charge in [-0.1, -0.05) is 26.0 Å². The lowest BCUT2D eigenvalue weighted by Crippen LogP contribution is -2.32. The first-order valence-corrected chi connectivity index (χ1v) is 11.6. The molecule has 0 unspecified atom stereocenters. The van der Waals surface area contributed by atoms with Gasteiger partial charge in [0.2, 0.25) is 10.0 Å². The second-order valence-electron chi connectivity index (χ2n) is 6.91. The highest BCUT2D eigenvalue weighted by Gasteiger charge is 2.24. The van der Waals surface area contributed by atoms with Crippen LogP contribution in [0.2, 0.25) is 0 Å². The number of nitrogens with zero attached hydrogens (tertiary/aromatic N) is 2. The molecule has 0 aromatic heterocycles. The minimum absolute atomic E-state index is 0.132. The molecule has 8 heteroatoms. The number of carbonyl (C=O) groups excluding carboxylic acids is 1. The topological polar surface area (TPSA) is 76.1 Å². The van der Waals surface area contributed by atoms with Gasteiger partial charge in [-0.05, 0) is 42.8 Å². The van der Waals surface area contributed by atoms with Crippen molar-refractivity contribution in [2.24, 2.45) is 0 Å². The van der Waals surface area contributed by atoms with Gasteiger partial charge >= 0.3 is 0 Å². The number of benzene rings is 2. The number of ether oxygens (including phenoxy) is 2. The smallest absolute Gasteiger partial charge is 0.254 e. The van der Waals surface area contributed by atoms with E-state index in [1.54, 1.807) is 30.9 Å². The molecule has 3 rings (SSSR count). The third-order valence-corrected chi connectivity index (χ3v) is 7.12. The van der Waals surface area contributed by atoms with Crippen molar-refractivity contribution in [3.63, 3.8) is 0 Å². The highest BCUT2D eigenvalue weighted by Crippen LogP contribution is 2.31. The fraction of sp³-hybridized carbons (Fsp3) is 0.409. The molecule has 0 aliphatic carbocycles. The van der Waals surface area contributed by atoms with E-state index in [0.717, 1.165) is 5.56 Å². The Kier molecular flexibility index (Phi) is 6.99. The first-order chi connectivity index (χ1) is 14.4. The molecule has 0 fully saturated rings. The Morgan fingerprint density at radius 3 is 2.30 bits per heavy atom. The van der Waals surface area contributed by atoms with Gasteiger partial charge in [-0.25, -0.2) is 8.42 Å². The van der Waals surface area contributed by atoms with Crippen molar-refractivity contribution in [2.75, 3.05) is 32.8 Å². The van der Waals surface area contributed by atoms with Gasteiger partial charge in [0.1, 0.15) is 13.2 Å². The van der Waals surface area contributed by atoms with Crippen molar-refractivity contribution in [1.82, 2.24) is 9.21 Å². The zero-order valence-corrected chi connectivity index (χ0v) is 18.4. The molecular weight excluding hydrogens is 404 g/mol. The van der Waals surface area contributed by atoms with E-state index in [1.807, 2.05) is 25.1 Å². The molecule has 2 aromatic carbocycles. The summed E-state index contributed by atoms with van der Waals surface area (Å²) in [6, 6.07) is 11.9. The van der Waals surface area contributed by atoms with Crippen molar-refractivity contribution in [2.45, 2.75) is 32.2 Å². The fourth-order valence-corrected chi connectivity index (χ4v) is 4.92. The SMILES string of the molecule is CCN(Cc1ccc2c(c1)OCCO2)C(=O)c1cccc(S(=O)(=O)N(CC)CC)c1.